The van der Waals surface area contributed by atoms with Gasteiger partial charge in [0.1, 0.15) is 22.8 Å². The van der Waals surface area contributed by atoms with E-state index in [1.165, 1.54) is 27.8 Å². The molecular formula is C31H29FN8OS. The predicted molar refractivity (Wildman–Crippen MR) is 162 cm³/mol. The average Bonchev–Trinajstić information content (AvgIpc) is 3.72. The van der Waals surface area contributed by atoms with Crippen LogP contribution < -0.4 is 5.32 Å². The molecule has 4 aromatic heterocycles. The molecule has 1 aliphatic heterocycles. The number of nitrogens with zero attached hydrogens (tertiary/aromatic N) is 7. The molecule has 0 atom stereocenters. The lowest BCUT2D eigenvalue weighted by Crippen LogP contribution is -2.38. The molecule has 0 amide bonds. The summed E-state index contributed by atoms with van der Waals surface area (Å²) < 4.78 is 23.2. The van der Waals surface area contributed by atoms with Crippen LogP contribution in [-0.2, 0) is 30.7 Å². The van der Waals surface area contributed by atoms with Crippen LogP contribution in [0.3, 0.4) is 0 Å². The second kappa shape index (κ2) is 10.6. The molecule has 2 aromatic carbocycles. The molecule has 2 aliphatic rings. The highest BCUT2D eigenvalue weighted by atomic mass is 32.1. The maximum Gasteiger partial charge on any atom is 0.142 e. The molecule has 212 valence electrons. The number of fused-ring (bicyclic) bond motifs is 6. The van der Waals surface area contributed by atoms with Crippen LogP contribution in [0.15, 0.2) is 61.2 Å². The van der Waals surface area contributed by atoms with Crippen molar-refractivity contribution in [3.63, 3.8) is 0 Å². The summed E-state index contributed by atoms with van der Waals surface area (Å²) in [6.07, 6.45) is 7.38. The van der Waals surface area contributed by atoms with E-state index in [2.05, 4.69) is 36.0 Å². The summed E-state index contributed by atoms with van der Waals surface area (Å²) in [4.78, 5) is 14.0. The van der Waals surface area contributed by atoms with Gasteiger partial charge in [0.05, 0.1) is 49.6 Å². The first kappa shape index (κ1) is 25.5. The molecular weight excluding hydrogens is 551 g/mol. The lowest BCUT2D eigenvalue weighted by atomic mass is 9.95. The van der Waals surface area contributed by atoms with E-state index in [1.54, 1.807) is 29.8 Å². The number of aryl methyl sites for hydroxylation is 1. The number of thiophene rings is 1. The Morgan fingerprint density at radius 3 is 2.76 bits per heavy atom. The Morgan fingerprint density at radius 2 is 1.86 bits per heavy atom. The molecule has 9 nitrogen and oxygen atoms in total. The van der Waals surface area contributed by atoms with Crippen molar-refractivity contribution in [3.8, 4) is 10.4 Å². The summed E-state index contributed by atoms with van der Waals surface area (Å²) >= 11 is 1.72. The third-order valence-corrected chi connectivity index (χ3v) is 9.42. The van der Waals surface area contributed by atoms with Crippen LogP contribution in [0.25, 0.3) is 31.6 Å². The maximum atomic E-state index is 13.7. The third-order valence-electron chi connectivity index (χ3n) is 8.25. The zero-order chi connectivity index (χ0) is 28.0. The molecule has 5 heterocycles. The first-order valence-corrected chi connectivity index (χ1v) is 15.1. The van der Waals surface area contributed by atoms with Crippen LogP contribution in [0.4, 0.5) is 15.9 Å². The van der Waals surface area contributed by atoms with Crippen molar-refractivity contribution in [2.45, 2.75) is 25.9 Å². The van der Waals surface area contributed by atoms with Crippen molar-refractivity contribution in [2.75, 3.05) is 38.2 Å². The van der Waals surface area contributed by atoms with Gasteiger partial charge >= 0.3 is 0 Å². The Labute approximate surface area is 245 Å². The van der Waals surface area contributed by atoms with Crippen molar-refractivity contribution >= 4 is 44.0 Å². The highest BCUT2D eigenvalue weighted by molar-refractivity contribution is 7.22. The lowest BCUT2D eigenvalue weighted by molar-refractivity contribution is 0.0359. The van der Waals surface area contributed by atoms with Crippen LogP contribution in [0.5, 0.6) is 0 Å². The first-order valence-electron chi connectivity index (χ1n) is 14.3. The van der Waals surface area contributed by atoms with Crippen molar-refractivity contribution in [1.29, 1.82) is 0 Å². The van der Waals surface area contributed by atoms with Crippen molar-refractivity contribution in [3.05, 3.63) is 83.8 Å². The quantitative estimate of drug-likeness (QED) is 0.276. The summed E-state index contributed by atoms with van der Waals surface area (Å²) in [5, 5.41) is 15.0. The van der Waals surface area contributed by atoms with E-state index in [0.29, 0.717) is 6.54 Å². The van der Waals surface area contributed by atoms with Crippen molar-refractivity contribution < 1.29 is 9.13 Å². The van der Waals surface area contributed by atoms with Crippen LogP contribution in [0.1, 0.15) is 16.8 Å². The summed E-state index contributed by atoms with van der Waals surface area (Å²) in [6.45, 7) is 5.99. The van der Waals surface area contributed by atoms with Gasteiger partial charge in [0.15, 0.2) is 0 Å². The zero-order valence-electron chi connectivity index (χ0n) is 23.0. The van der Waals surface area contributed by atoms with E-state index in [9.17, 15) is 4.39 Å². The Morgan fingerprint density at radius 1 is 0.952 bits per heavy atom. The second-order valence-electron chi connectivity index (χ2n) is 10.8. The van der Waals surface area contributed by atoms with Gasteiger partial charge in [0.25, 0.3) is 0 Å². The Kier molecular flexibility index (Phi) is 6.42. The Bertz CT molecular complexity index is 1920. The fourth-order valence-electron chi connectivity index (χ4n) is 6.14. The highest BCUT2D eigenvalue weighted by Gasteiger charge is 2.27. The molecule has 1 fully saturated rings. The zero-order valence-corrected chi connectivity index (χ0v) is 23.8. The molecule has 11 heteroatoms. The maximum absolute atomic E-state index is 13.7. The summed E-state index contributed by atoms with van der Waals surface area (Å²) in [5.74, 6) is 0.572. The van der Waals surface area contributed by atoms with Crippen molar-refractivity contribution in [1.82, 2.24) is 34.4 Å². The topological polar surface area (TPSA) is 85.9 Å². The van der Waals surface area contributed by atoms with E-state index in [4.69, 9.17) is 9.84 Å². The fraction of sp³-hybridized carbons (Fsp3) is 0.290. The monoisotopic (exact) mass is 580 g/mol. The molecule has 0 unspecified atom stereocenters. The standard InChI is InChI=1S/C31H29FN8OS/c32-22-3-1-2-20(14-22)18-40-26-6-4-23(15-21(26)16-35-40)37-30-28-24-5-7-27-25(29(24)42-31(28)34-19-33-30)17-36-39(27)9-8-38-10-12-41-13-11-38/h1-4,6,14-17,19H,5,7-13,18H2,(H,33,34,37). The molecule has 0 spiro atoms. The minimum atomic E-state index is -0.240. The number of aromatic nitrogens is 6. The number of morpholine rings is 1. The fourth-order valence-corrected chi connectivity index (χ4v) is 7.36. The molecule has 1 saturated heterocycles. The number of halogens is 1. The van der Waals surface area contributed by atoms with E-state index in [-0.39, 0.29) is 5.82 Å². The van der Waals surface area contributed by atoms with Gasteiger partial charge in [0, 0.05) is 46.8 Å². The first-order chi connectivity index (χ1) is 20.7. The molecule has 0 saturated carbocycles. The minimum absolute atomic E-state index is 0.240. The number of hydrogen-bond acceptors (Lipinski definition) is 8. The highest BCUT2D eigenvalue weighted by Crippen LogP contribution is 2.45. The van der Waals surface area contributed by atoms with E-state index in [0.717, 1.165) is 90.4 Å². The molecule has 8 rings (SSSR count). The molecule has 1 N–H and O–H groups in total. The Hall–Kier alpha value is -4.19. The van der Waals surface area contributed by atoms with Crippen LogP contribution in [-0.4, -0.2) is 67.3 Å². The van der Waals surface area contributed by atoms with Gasteiger partial charge in [-0.25, -0.2) is 14.4 Å². The van der Waals surface area contributed by atoms with Crippen LogP contribution >= 0.6 is 11.3 Å². The van der Waals surface area contributed by atoms with Gasteiger partial charge in [-0.2, -0.15) is 10.2 Å². The minimum Gasteiger partial charge on any atom is -0.379 e. The number of benzene rings is 2. The Balaban J connectivity index is 1.06. The largest absolute Gasteiger partial charge is 0.379 e. The number of rotatable bonds is 7. The number of nitrogens with one attached hydrogen (secondary N) is 1. The van der Waals surface area contributed by atoms with Gasteiger partial charge in [0.2, 0.25) is 0 Å². The van der Waals surface area contributed by atoms with Crippen LogP contribution in [0, 0.1) is 5.82 Å². The lowest BCUT2D eigenvalue weighted by Gasteiger charge is -2.26. The van der Waals surface area contributed by atoms with Gasteiger partial charge < -0.3 is 10.1 Å². The molecule has 6 aromatic rings. The predicted octanol–water partition coefficient (Wildman–Crippen LogP) is 5.27. The summed E-state index contributed by atoms with van der Waals surface area (Å²) in [6, 6.07) is 12.8. The second-order valence-corrected chi connectivity index (χ2v) is 11.8. The molecule has 42 heavy (non-hydrogen) atoms. The number of ether oxygens (including phenoxy) is 1. The molecule has 1 aliphatic carbocycles. The SMILES string of the molecule is Fc1cccc(Cn2ncc3cc(Nc4ncnc5sc6c(c45)CCc4c-6cnn4CCN4CCOCC4)ccc32)c1. The van der Waals surface area contributed by atoms with Gasteiger partial charge in [-0.3, -0.25) is 14.3 Å². The van der Waals surface area contributed by atoms with Crippen LogP contribution in [0.2, 0.25) is 0 Å². The van der Waals surface area contributed by atoms with E-state index < -0.39 is 0 Å². The normalized spacial score (nSPS) is 15.3. The third kappa shape index (κ3) is 4.63. The van der Waals surface area contributed by atoms with Gasteiger partial charge in [-0.05, 0) is 54.3 Å². The number of anilines is 2. The smallest absolute Gasteiger partial charge is 0.142 e. The van der Waals surface area contributed by atoms with E-state index in [1.807, 2.05) is 35.3 Å². The molecule has 0 bridgehead atoms. The summed E-state index contributed by atoms with van der Waals surface area (Å²) in [7, 11) is 0. The van der Waals surface area contributed by atoms with Crippen molar-refractivity contribution in [2.24, 2.45) is 0 Å². The van der Waals surface area contributed by atoms with Gasteiger partial charge in [-0.1, -0.05) is 12.1 Å². The number of hydrogen-bond donors (Lipinski definition) is 1. The van der Waals surface area contributed by atoms with Gasteiger partial charge in [-0.15, -0.1) is 11.3 Å². The summed E-state index contributed by atoms with van der Waals surface area (Å²) in [5.41, 5.74) is 6.62. The average molecular weight is 581 g/mol. The van der Waals surface area contributed by atoms with E-state index >= 15 is 0 Å². The molecule has 0 radical (unpaired) electrons.